The lowest BCUT2D eigenvalue weighted by Crippen LogP contribution is -2.45. The van der Waals surface area contributed by atoms with Crippen molar-refractivity contribution in [2.24, 2.45) is 5.92 Å². The number of ether oxygens (including phenoxy) is 3. The van der Waals surface area contributed by atoms with Crippen molar-refractivity contribution in [3.8, 4) is 11.5 Å². The van der Waals surface area contributed by atoms with Crippen molar-refractivity contribution < 1.29 is 41.4 Å². The van der Waals surface area contributed by atoms with E-state index in [9.17, 15) is 23.2 Å². The highest BCUT2D eigenvalue weighted by Gasteiger charge is 2.46. The third-order valence-electron chi connectivity index (χ3n) is 7.69. The van der Waals surface area contributed by atoms with Crippen molar-refractivity contribution in [2.75, 3.05) is 31.8 Å². The maximum Gasteiger partial charge on any atom is 0.387 e. The summed E-state index contributed by atoms with van der Waals surface area (Å²) < 4.78 is 71.8. The summed E-state index contributed by atoms with van der Waals surface area (Å²) in [7, 11) is 1.25. The lowest BCUT2D eigenvalue weighted by Gasteiger charge is -2.21. The topological polar surface area (TPSA) is 99.1 Å². The van der Waals surface area contributed by atoms with Gasteiger partial charge in [0, 0.05) is 61.0 Å². The molecule has 13 heteroatoms. The van der Waals surface area contributed by atoms with Crippen LogP contribution in [0.25, 0.3) is 0 Å². The smallest absolute Gasteiger partial charge is 0.387 e. The van der Waals surface area contributed by atoms with E-state index in [1.807, 2.05) is 0 Å². The fraction of sp³-hybridized carbons (Fsp3) is 0.367. The molecule has 5 rings (SSSR count). The lowest BCUT2D eigenvalue weighted by molar-refractivity contribution is -0.118. The Bertz CT molecular complexity index is 1550. The molecule has 43 heavy (non-hydrogen) atoms. The van der Waals surface area contributed by atoms with Crippen molar-refractivity contribution in [2.45, 2.75) is 38.5 Å². The minimum atomic E-state index is -3.06. The largest absolute Gasteiger partial charge is 0.497 e. The van der Waals surface area contributed by atoms with Crippen LogP contribution in [0, 0.1) is 24.5 Å². The summed E-state index contributed by atoms with van der Waals surface area (Å²) in [5, 5.41) is 2.54. The molecule has 9 nitrogen and oxygen atoms in total. The summed E-state index contributed by atoms with van der Waals surface area (Å²) in [6.07, 6.45) is 2.40. The number of carbonyl (C=O) groups excluding carboxylic acids is 2. The number of amides is 2. The Morgan fingerprint density at radius 1 is 1.09 bits per heavy atom. The molecule has 2 unspecified atom stereocenters. The monoisotopic (exact) mass is 603 g/mol. The molecule has 2 aliphatic rings. The van der Waals surface area contributed by atoms with Gasteiger partial charge in [-0.25, -0.2) is 8.78 Å². The van der Waals surface area contributed by atoms with Gasteiger partial charge in [-0.05, 0) is 49.2 Å². The van der Waals surface area contributed by atoms with E-state index in [2.05, 4.69) is 10.1 Å². The summed E-state index contributed by atoms with van der Waals surface area (Å²) >= 11 is 0. The van der Waals surface area contributed by atoms with Gasteiger partial charge in [-0.2, -0.15) is 8.78 Å². The van der Waals surface area contributed by atoms with Crippen LogP contribution < -0.4 is 25.2 Å². The number of pyridine rings is 1. The first-order valence-electron chi connectivity index (χ1n) is 13.5. The summed E-state index contributed by atoms with van der Waals surface area (Å²) in [6.45, 7) is -0.269. The van der Waals surface area contributed by atoms with Crippen LogP contribution in [0.2, 0.25) is 0 Å². The first-order chi connectivity index (χ1) is 20.6. The highest BCUT2D eigenvalue weighted by atomic mass is 19.3. The number of hydrogen-bond acceptors (Lipinski definition) is 6. The minimum Gasteiger partial charge on any atom is -0.497 e. The van der Waals surface area contributed by atoms with Crippen LogP contribution in [0.1, 0.15) is 33.8 Å². The van der Waals surface area contributed by atoms with Gasteiger partial charge in [0.2, 0.25) is 5.91 Å². The zero-order valence-corrected chi connectivity index (χ0v) is 23.3. The summed E-state index contributed by atoms with van der Waals surface area (Å²) in [5.74, 6) is -4.92. The summed E-state index contributed by atoms with van der Waals surface area (Å²) in [6, 6.07) is 6.86. The second kappa shape index (κ2) is 12.5. The Kier molecular flexibility index (Phi) is 8.71. The molecule has 2 aromatic carbocycles. The van der Waals surface area contributed by atoms with Crippen LogP contribution in [0.15, 0.2) is 53.5 Å². The SMILES string of the molecule is COc1cc(F)c([C@@H]2CN(c3c(C)ccn(CC4CCOC4)c3=O)C(=O)C2NC(=O)c2ccc(OC(F)F)cc2)c(F)c1. The first kappa shape index (κ1) is 30.1. The van der Waals surface area contributed by atoms with E-state index in [-0.39, 0.29) is 35.2 Å². The van der Waals surface area contributed by atoms with Crippen molar-refractivity contribution in [3.05, 3.63) is 87.3 Å². The van der Waals surface area contributed by atoms with E-state index in [1.54, 1.807) is 19.2 Å². The molecule has 1 N–H and O–H groups in total. The number of benzene rings is 2. The number of aryl methyl sites for hydroxylation is 1. The number of nitrogens with zero attached hydrogens (tertiary/aromatic N) is 2. The molecule has 0 spiro atoms. The predicted octanol–water partition coefficient (Wildman–Crippen LogP) is 4.01. The van der Waals surface area contributed by atoms with Crippen LogP contribution in [-0.2, 0) is 16.1 Å². The Hall–Kier alpha value is -4.39. The lowest BCUT2D eigenvalue weighted by atomic mass is 9.92. The van der Waals surface area contributed by atoms with E-state index in [0.29, 0.717) is 25.3 Å². The fourth-order valence-corrected chi connectivity index (χ4v) is 5.53. The molecule has 2 aliphatic heterocycles. The van der Waals surface area contributed by atoms with Gasteiger partial charge in [0.05, 0.1) is 13.7 Å². The van der Waals surface area contributed by atoms with Crippen LogP contribution in [0.4, 0.5) is 23.2 Å². The van der Waals surface area contributed by atoms with Gasteiger partial charge in [0.15, 0.2) is 0 Å². The van der Waals surface area contributed by atoms with Crippen LogP contribution in [0.5, 0.6) is 11.5 Å². The Morgan fingerprint density at radius 2 is 1.79 bits per heavy atom. The third-order valence-corrected chi connectivity index (χ3v) is 7.69. The van der Waals surface area contributed by atoms with Gasteiger partial charge >= 0.3 is 6.61 Å². The third kappa shape index (κ3) is 6.21. The normalized spacial score (nSPS) is 20.1. The predicted molar refractivity (Wildman–Crippen MR) is 147 cm³/mol. The molecular formula is C30H29F4N3O6. The number of methoxy groups -OCH3 is 1. The molecule has 3 heterocycles. The highest BCUT2D eigenvalue weighted by Crippen LogP contribution is 2.36. The number of aromatic nitrogens is 1. The number of anilines is 1. The quantitative estimate of drug-likeness (QED) is 0.372. The van der Waals surface area contributed by atoms with E-state index >= 15 is 8.78 Å². The summed E-state index contributed by atoms with van der Waals surface area (Å²) in [4.78, 5) is 41.9. The van der Waals surface area contributed by atoms with Gasteiger partial charge < -0.3 is 29.0 Å². The number of alkyl halides is 2. The van der Waals surface area contributed by atoms with E-state index in [1.165, 1.54) is 23.8 Å². The molecule has 228 valence electrons. The van der Waals surface area contributed by atoms with Crippen molar-refractivity contribution in [1.29, 1.82) is 0 Å². The molecular weight excluding hydrogens is 574 g/mol. The Morgan fingerprint density at radius 3 is 2.40 bits per heavy atom. The molecule has 2 fully saturated rings. The standard InChI is InChI=1S/C30H29F4N3O6/c1-16-7-9-36(13-17-8-10-42-15-17)29(40)26(16)37-14-21(24-22(31)11-20(41-2)12-23(24)32)25(28(37)39)35-27(38)18-3-5-19(6-4-18)43-30(33)34/h3-7,9,11-12,17,21,25,30H,8,10,13-15H2,1-2H3,(H,35,38)/t17?,21-,25?/m0/s1. The highest BCUT2D eigenvalue weighted by molar-refractivity contribution is 6.05. The van der Waals surface area contributed by atoms with Crippen LogP contribution >= 0.6 is 0 Å². The second-order valence-corrected chi connectivity index (χ2v) is 10.4. The van der Waals surface area contributed by atoms with Gasteiger partial charge in [-0.3, -0.25) is 14.4 Å². The maximum atomic E-state index is 15.3. The zero-order valence-electron chi connectivity index (χ0n) is 23.3. The molecule has 2 saturated heterocycles. The van der Waals surface area contributed by atoms with Gasteiger partial charge in [0.1, 0.15) is 34.9 Å². The number of carbonyl (C=O) groups is 2. The van der Waals surface area contributed by atoms with E-state index in [4.69, 9.17) is 9.47 Å². The first-order valence-corrected chi connectivity index (χ1v) is 13.5. The molecule has 0 aliphatic carbocycles. The summed E-state index contributed by atoms with van der Waals surface area (Å²) in [5.41, 5.74) is -0.431. The van der Waals surface area contributed by atoms with Crippen molar-refractivity contribution in [3.63, 3.8) is 0 Å². The van der Waals surface area contributed by atoms with Gasteiger partial charge in [-0.15, -0.1) is 0 Å². The molecule has 3 aromatic rings. The Labute approximate surface area is 244 Å². The molecule has 2 amide bonds. The fourth-order valence-electron chi connectivity index (χ4n) is 5.53. The van der Waals surface area contributed by atoms with Gasteiger partial charge in [-0.1, -0.05) is 0 Å². The number of halogens is 4. The van der Waals surface area contributed by atoms with E-state index in [0.717, 1.165) is 35.6 Å². The average Bonchev–Trinajstić information content (AvgIpc) is 3.58. The minimum absolute atomic E-state index is 0.0145. The van der Waals surface area contributed by atoms with Crippen LogP contribution in [-0.4, -0.2) is 55.9 Å². The zero-order chi connectivity index (χ0) is 30.8. The molecule has 0 saturated carbocycles. The molecule has 1 aromatic heterocycles. The maximum absolute atomic E-state index is 15.3. The number of hydrogen-bond donors (Lipinski definition) is 1. The molecule has 0 bridgehead atoms. The number of nitrogens with one attached hydrogen (secondary N) is 1. The average molecular weight is 604 g/mol. The second-order valence-electron chi connectivity index (χ2n) is 10.4. The van der Waals surface area contributed by atoms with Crippen molar-refractivity contribution >= 4 is 17.5 Å². The van der Waals surface area contributed by atoms with E-state index < -0.39 is 53.1 Å². The molecule has 0 radical (unpaired) electrons. The Balaban J connectivity index is 1.51. The number of rotatable bonds is 9. The van der Waals surface area contributed by atoms with Gasteiger partial charge in [0.25, 0.3) is 11.5 Å². The molecule has 3 atom stereocenters. The van der Waals surface area contributed by atoms with Crippen molar-refractivity contribution in [1.82, 2.24) is 9.88 Å². The van der Waals surface area contributed by atoms with Crippen LogP contribution in [0.3, 0.4) is 0 Å².